The zero-order chi connectivity index (χ0) is 9.42. The molecule has 2 heteroatoms. The van der Waals surface area contributed by atoms with Crippen LogP contribution in [0.3, 0.4) is 0 Å². The normalized spacial score (nSPS) is 31.6. The second-order valence-corrected chi connectivity index (χ2v) is 3.42. The van der Waals surface area contributed by atoms with E-state index in [1.165, 1.54) is 6.08 Å². The average Bonchev–Trinajstić information content (AvgIpc) is 2.15. The Labute approximate surface area is 76.6 Å². The van der Waals surface area contributed by atoms with Crippen molar-refractivity contribution in [2.75, 3.05) is 0 Å². The van der Waals surface area contributed by atoms with Gasteiger partial charge in [0.2, 0.25) is 0 Å². The molecular formula is C11H10O2. The van der Waals surface area contributed by atoms with Gasteiger partial charge in [-0.15, -0.1) is 0 Å². The summed E-state index contributed by atoms with van der Waals surface area (Å²) in [6.07, 6.45) is 8.70. The highest BCUT2D eigenvalue weighted by Crippen LogP contribution is 2.28. The predicted octanol–water partition coefficient (Wildman–Crippen LogP) is 1.44. The van der Waals surface area contributed by atoms with Crippen LogP contribution in [0.25, 0.3) is 0 Å². The lowest BCUT2D eigenvalue weighted by atomic mass is 9.76. The van der Waals surface area contributed by atoms with Gasteiger partial charge in [-0.25, -0.2) is 0 Å². The van der Waals surface area contributed by atoms with E-state index in [9.17, 15) is 9.59 Å². The third-order valence-electron chi connectivity index (χ3n) is 2.51. The smallest absolute Gasteiger partial charge is 0.166 e. The summed E-state index contributed by atoms with van der Waals surface area (Å²) in [7, 11) is 0. The van der Waals surface area contributed by atoms with E-state index in [1.807, 2.05) is 12.2 Å². The standard InChI is InChI=1S/C11H10O2/c1-7-6-10(12)8-4-2-3-5-9(8)11(7)13/h2-6,8-9H,1H3. The molecule has 0 amide bonds. The van der Waals surface area contributed by atoms with E-state index >= 15 is 0 Å². The molecule has 2 unspecified atom stereocenters. The van der Waals surface area contributed by atoms with E-state index in [0.29, 0.717) is 5.57 Å². The van der Waals surface area contributed by atoms with Crippen LogP contribution >= 0.6 is 0 Å². The monoisotopic (exact) mass is 174 g/mol. The first-order valence-electron chi connectivity index (χ1n) is 4.31. The van der Waals surface area contributed by atoms with Crippen LogP contribution in [0.4, 0.5) is 0 Å². The highest BCUT2D eigenvalue weighted by Gasteiger charge is 2.34. The van der Waals surface area contributed by atoms with Crippen LogP contribution < -0.4 is 0 Å². The van der Waals surface area contributed by atoms with Crippen molar-refractivity contribution in [1.29, 1.82) is 0 Å². The SMILES string of the molecule is CC1=CC(=O)C2C=CC=CC2C1=O. The van der Waals surface area contributed by atoms with Gasteiger partial charge in [0.05, 0.1) is 11.8 Å². The first-order valence-corrected chi connectivity index (χ1v) is 4.31. The number of Topliss-reactive ketones (excluding diaryl/α,β-unsaturated/α-hetero) is 1. The third kappa shape index (κ3) is 1.18. The van der Waals surface area contributed by atoms with E-state index < -0.39 is 0 Å². The van der Waals surface area contributed by atoms with Gasteiger partial charge < -0.3 is 0 Å². The molecule has 0 bridgehead atoms. The molecule has 0 fully saturated rings. The van der Waals surface area contributed by atoms with E-state index in [-0.39, 0.29) is 23.4 Å². The summed E-state index contributed by atoms with van der Waals surface area (Å²) in [6, 6.07) is 0. The fourth-order valence-electron chi connectivity index (χ4n) is 1.77. The molecule has 0 radical (unpaired) electrons. The number of carbonyl (C=O) groups is 2. The number of hydrogen-bond donors (Lipinski definition) is 0. The van der Waals surface area contributed by atoms with Crippen molar-refractivity contribution in [3.8, 4) is 0 Å². The first-order chi connectivity index (χ1) is 6.20. The molecule has 2 nitrogen and oxygen atoms in total. The van der Waals surface area contributed by atoms with Gasteiger partial charge in [0, 0.05) is 0 Å². The zero-order valence-electron chi connectivity index (χ0n) is 7.36. The summed E-state index contributed by atoms with van der Waals surface area (Å²) in [5, 5.41) is 0. The molecule has 0 aromatic rings. The Morgan fingerprint density at radius 2 is 1.69 bits per heavy atom. The number of fused-ring (bicyclic) bond motifs is 1. The first kappa shape index (κ1) is 8.17. The summed E-state index contributed by atoms with van der Waals surface area (Å²) < 4.78 is 0. The second-order valence-electron chi connectivity index (χ2n) is 3.42. The molecule has 0 spiro atoms. The largest absolute Gasteiger partial charge is 0.294 e. The molecular weight excluding hydrogens is 164 g/mol. The fraction of sp³-hybridized carbons (Fsp3) is 0.273. The molecule has 0 aromatic carbocycles. The molecule has 2 atom stereocenters. The van der Waals surface area contributed by atoms with Gasteiger partial charge in [-0.2, -0.15) is 0 Å². The van der Waals surface area contributed by atoms with Crippen LogP contribution in [-0.2, 0) is 9.59 Å². The fourth-order valence-corrected chi connectivity index (χ4v) is 1.77. The van der Waals surface area contributed by atoms with Crippen molar-refractivity contribution in [2.24, 2.45) is 11.8 Å². The molecule has 0 saturated carbocycles. The van der Waals surface area contributed by atoms with E-state index in [2.05, 4.69) is 0 Å². The average molecular weight is 174 g/mol. The van der Waals surface area contributed by atoms with Gasteiger partial charge >= 0.3 is 0 Å². The summed E-state index contributed by atoms with van der Waals surface area (Å²) in [6.45, 7) is 1.70. The van der Waals surface area contributed by atoms with Crippen LogP contribution in [0.2, 0.25) is 0 Å². The minimum absolute atomic E-state index is 0.0442. The van der Waals surface area contributed by atoms with Crippen LogP contribution in [0.5, 0.6) is 0 Å². The summed E-state index contributed by atoms with van der Waals surface area (Å²) >= 11 is 0. The van der Waals surface area contributed by atoms with Crippen molar-refractivity contribution in [2.45, 2.75) is 6.92 Å². The quantitative estimate of drug-likeness (QED) is 0.557. The van der Waals surface area contributed by atoms with Gasteiger partial charge in [-0.3, -0.25) is 9.59 Å². The Morgan fingerprint density at radius 1 is 1.08 bits per heavy atom. The Hall–Kier alpha value is -1.44. The van der Waals surface area contributed by atoms with Crippen molar-refractivity contribution < 1.29 is 9.59 Å². The molecule has 13 heavy (non-hydrogen) atoms. The molecule has 66 valence electrons. The minimum atomic E-state index is -0.249. The van der Waals surface area contributed by atoms with Crippen LogP contribution in [0, 0.1) is 11.8 Å². The van der Waals surface area contributed by atoms with Crippen molar-refractivity contribution in [1.82, 2.24) is 0 Å². The minimum Gasteiger partial charge on any atom is -0.294 e. The highest BCUT2D eigenvalue weighted by atomic mass is 16.1. The zero-order valence-corrected chi connectivity index (χ0v) is 7.36. The van der Waals surface area contributed by atoms with Crippen LogP contribution in [0.1, 0.15) is 6.92 Å². The maximum Gasteiger partial charge on any atom is 0.166 e. The van der Waals surface area contributed by atoms with Crippen molar-refractivity contribution >= 4 is 11.6 Å². The number of allylic oxidation sites excluding steroid dienone is 6. The number of hydrogen-bond acceptors (Lipinski definition) is 2. The summed E-state index contributed by atoms with van der Waals surface area (Å²) in [4.78, 5) is 23.1. The Morgan fingerprint density at radius 3 is 2.38 bits per heavy atom. The number of rotatable bonds is 0. The van der Waals surface area contributed by atoms with Gasteiger partial charge in [-0.1, -0.05) is 24.3 Å². The number of ketones is 2. The van der Waals surface area contributed by atoms with E-state index in [1.54, 1.807) is 19.1 Å². The Kier molecular flexibility index (Phi) is 1.76. The predicted molar refractivity (Wildman–Crippen MR) is 49.0 cm³/mol. The van der Waals surface area contributed by atoms with Crippen molar-refractivity contribution in [3.63, 3.8) is 0 Å². The lowest BCUT2D eigenvalue weighted by Crippen LogP contribution is -2.32. The molecule has 2 aliphatic rings. The van der Waals surface area contributed by atoms with Crippen LogP contribution in [-0.4, -0.2) is 11.6 Å². The molecule has 0 saturated heterocycles. The highest BCUT2D eigenvalue weighted by molar-refractivity contribution is 6.11. The Balaban J connectivity index is 2.45. The van der Waals surface area contributed by atoms with Gasteiger partial charge in [0.25, 0.3) is 0 Å². The molecule has 0 aromatic heterocycles. The number of carbonyl (C=O) groups excluding carboxylic acids is 2. The lowest BCUT2D eigenvalue weighted by Gasteiger charge is -2.24. The Bertz CT molecular complexity index is 358. The van der Waals surface area contributed by atoms with E-state index in [0.717, 1.165) is 0 Å². The van der Waals surface area contributed by atoms with Gasteiger partial charge in [0.1, 0.15) is 0 Å². The summed E-state index contributed by atoms with van der Waals surface area (Å²) in [5.41, 5.74) is 0.575. The molecule has 0 N–H and O–H groups in total. The topological polar surface area (TPSA) is 34.1 Å². The third-order valence-corrected chi connectivity index (χ3v) is 2.51. The molecule has 2 aliphatic carbocycles. The molecule has 0 heterocycles. The maximum atomic E-state index is 11.6. The maximum absolute atomic E-state index is 11.6. The molecule has 0 aliphatic heterocycles. The van der Waals surface area contributed by atoms with Gasteiger partial charge in [-0.05, 0) is 18.6 Å². The van der Waals surface area contributed by atoms with Crippen LogP contribution in [0.15, 0.2) is 36.0 Å². The van der Waals surface area contributed by atoms with Crippen molar-refractivity contribution in [3.05, 3.63) is 36.0 Å². The van der Waals surface area contributed by atoms with Gasteiger partial charge in [0.15, 0.2) is 11.6 Å². The lowest BCUT2D eigenvalue weighted by molar-refractivity contribution is -0.126. The molecule has 2 rings (SSSR count). The second kappa shape index (κ2) is 2.80. The van der Waals surface area contributed by atoms with E-state index in [4.69, 9.17) is 0 Å². The summed E-state index contributed by atoms with van der Waals surface area (Å²) in [5.74, 6) is -0.378.